The molecule has 8 nitrogen and oxygen atoms in total. The van der Waals surface area contributed by atoms with Gasteiger partial charge in [-0.1, -0.05) is 13.8 Å². The van der Waals surface area contributed by atoms with Gasteiger partial charge >= 0.3 is 11.9 Å². The summed E-state index contributed by atoms with van der Waals surface area (Å²) in [7, 11) is 0. The molecule has 0 spiro atoms. The molecule has 0 fully saturated rings. The molecule has 0 rings (SSSR count). The highest BCUT2D eigenvalue weighted by molar-refractivity contribution is 5.84. The van der Waals surface area contributed by atoms with E-state index in [1.165, 1.54) is 0 Å². The van der Waals surface area contributed by atoms with Crippen LogP contribution in [0.25, 0.3) is 0 Å². The smallest absolute Gasteiger partial charge is 0.356 e. The number of aliphatic hydroxyl groups is 2. The van der Waals surface area contributed by atoms with E-state index in [0.29, 0.717) is 13.1 Å². The summed E-state index contributed by atoms with van der Waals surface area (Å²) in [5.74, 6) is -2.30. The molecular weight excluding hydrogens is 244 g/mol. The van der Waals surface area contributed by atoms with Gasteiger partial charge in [-0.05, 0) is 12.8 Å². The second-order valence-electron chi connectivity index (χ2n) is 3.52. The molecule has 0 heterocycles. The first-order valence-electron chi connectivity index (χ1n) is 5.77. The molecule has 2 atom stereocenters. The minimum absolute atomic E-state index is 0.400. The Balaban J connectivity index is 4.02. The number of hydrogen-bond donors (Lipinski definition) is 4. The van der Waals surface area contributed by atoms with Gasteiger partial charge in [0.15, 0.2) is 12.2 Å². The summed E-state index contributed by atoms with van der Waals surface area (Å²) in [5.41, 5.74) is 4.55. The van der Waals surface area contributed by atoms with Crippen LogP contribution in [0.15, 0.2) is 0 Å². The normalized spacial score (nSPS) is 13.8. The predicted molar refractivity (Wildman–Crippen MR) is 60.8 cm³/mol. The Morgan fingerprint density at radius 1 is 0.944 bits per heavy atom. The minimum Gasteiger partial charge on any atom is -0.379 e. The maximum Gasteiger partial charge on any atom is 0.356 e. The van der Waals surface area contributed by atoms with E-state index in [0.717, 1.165) is 12.8 Å². The summed E-state index contributed by atoms with van der Waals surface area (Å²) in [6.45, 7) is 4.50. The van der Waals surface area contributed by atoms with E-state index in [9.17, 15) is 19.8 Å². The number of hydrogen-bond acceptors (Lipinski definition) is 8. The molecule has 0 aromatic carbocycles. The van der Waals surface area contributed by atoms with Gasteiger partial charge in [0.05, 0.1) is 0 Å². The van der Waals surface area contributed by atoms with Gasteiger partial charge in [0.2, 0.25) is 0 Å². The average molecular weight is 264 g/mol. The molecule has 0 aromatic heterocycles. The van der Waals surface area contributed by atoms with E-state index in [1.807, 2.05) is 13.8 Å². The molecule has 0 aliphatic heterocycles. The maximum atomic E-state index is 11.2. The van der Waals surface area contributed by atoms with E-state index < -0.39 is 24.1 Å². The molecule has 4 N–H and O–H groups in total. The minimum atomic E-state index is -2.00. The lowest BCUT2D eigenvalue weighted by Crippen LogP contribution is -2.44. The van der Waals surface area contributed by atoms with Crippen LogP contribution in [-0.4, -0.2) is 47.4 Å². The van der Waals surface area contributed by atoms with E-state index in [4.69, 9.17) is 0 Å². The van der Waals surface area contributed by atoms with Crippen molar-refractivity contribution in [1.29, 1.82) is 0 Å². The van der Waals surface area contributed by atoms with Crippen LogP contribution in [0.3, 0.4) is 0 Å². The van der Waals surface area contributed by atoms with Gasteiger partial charge in [-0.15, -0.1) is 0 Å². The Morgan fingerprint density at radius 2 is 1.28 bits per heavy atom. The molecule has 8 heteroatoms. The second kappa shape index (κ2) is 9.77. The molecule has 18 heavy (non-hydrogen) atoms. The third-order valence-electron chi connectivity index (χ3n) is 1.83. The topological polar surface area (TPSA) is 117 Å². The highest BCUT2D eigenvalue weighted by Crippen LogP contribution is 1.98. The lowest BCUT2D eigenvalue weighted by Gasteiger charge is -2.15. The van der Waals surface area contributed by atoms with Crippen molar-refractivity contribution in [1.82, 2.24) is 11.0 Å². The monoisotopic (exact) mass is 264 g/mol. The Bertz CT molecular complexity index is 235. The number of nitrogens with one attached hydrogen (secondary N) is 2. The van der Waals surface area contributed by atoms with E-state index in [2.05, 4.69) is 20.6 Å². The van der Waals surface area contributed by atoms with Gasteiger partial charge in [0.25, 0.3) is 0 Å². The quantitative estimate of drug-likeness (QED) is 0.297. The lowest BCUT2D eigenvalue weighted by atomic mass is 10.2. The molecule has 0 amide bonds. The Hall–Kier alpha value is -1.22. The molecule has 0 bridgehead atoms. The highest BCUT2D eigenvalue weighted by atomic mass is 16.7. The molecule has 0 aromatic rings. The fraction of sp³-hybridized carbons (Fsp3) is 0.800. The first-order valence-corrected chi connectivity index (χ1v) is 5.77. The van der Waals surface area contributed by atoms with Gasteiger partial charge in [0.1, 0.15) is 0 Å². The molecule has 0 aliphatic rings. The number of carbonyl (C=O) groups is 2. The van der Waals surface area contributed by atoms with Gasteiger partial charge in [-0.3, -0.25) is 0 Å². The van der Waals surface area contributed by atoms with Crippen LogP contribution < -0.4 is 11.0 Å². The van der Waals surface area contributed by atoms with Crippen molar-refractivity contribution in [2.45, 2.75) is 38.9 Å². The van der Waals surface area contributed by atoms with Crippen molar-refractivity contribution in [3.8, 4) is 0 Å². The fourth-order valence-corrected chi connectivity index (χ4v) is 0.827. The summed E-state index contributed by atoms with van der Waals surface area (Å²) in [5, 5.41) is 18.6. The zero-order chi connectivity index (χ0) is 14.0. The van der Waals surface area contributed by atoms with Gasteiger partial charge in [0, 0.05) is 13.1 Å². The summed E-state index contributed by atoms with van der Waals surface area (Å²) in [4.78, 5) is 31.2. The fourth-order valence-electron chi connectivity index (χ4n) is 0.827. The van der Waals surface area contributed by atoms with Crippen molar-refractivity contribution in [2.24, 2.45) is 0 Å². The number of carbonyl (C=O) groups excluding carboxylic acids is 2. The molecular formula is C10H20N2O6. The van der Waals surface area contributed by atoms with Gasteiger partial charge in [-0.25, -0.2) is 9.59 Å². The zero-order valence-electron chi connectivity index (χ0n) is 10.5. The summed E-state index contributed by atoms with van der Waals surface area (Å²) < 4.78 is 0. The Kier molecular flexibility index (Phi) is 9.11. The third kappa shape index (κ3) is 6.50. The number of rotatable bonds is 9. The van der Waals surface area contributed by atoms with E-state index >= 15 is 0 Å². The van der Waals surface area contributed by atoms with Crippen LogP contribution in [0.1, 0.15) is 26.7 Å². The molecule has 0 radical (unpaired) electrons. The largest absolute Gasteiger partial charge is 0.379 e. The van der Waals surface area contributed by atoms with Crippen LogP contribution in [0.5, 0.6) is 0 Å². The van der Waals surface area contributed by atoms with Crippen LogP contribution in [0.4, 0.5) is 0 Å². The summed E-state index contributed by atoms with van der Waals surface area (Å²) >= 11 is 0. The molecule has 106 valence electrons. The lowest BCUT2D eigenvalue weighted by molar-refractivity contribution is -0.181. The number of aliphatic hydroxyl groups excluding tert-OH is 2. The molecule has 0 saturated carbocycles. The SMILES string of the molecule is CCCNOC(=O)C(O)C(O)C(=O)ONCCC. The van der Waals surface area contributed by atoms with Crippen LogP contribution in [-0.2, 0) is 19.3 Å². The maximum absolute atomic E-state index is 11.2. The van der Waals surface area contributed by atoms with Crippen molar-refractivity contribution < 1.29 is 29.5 Å². The molecule has 0 aliphatic carbocycles. The van der Waals surface area contributed by atoms with Crippen LogP contribution >= 0.6 is 0 Å². The van der Waals surface area contributed by atoms with Gasteiger partial charge < -0.3 is 19.9 Å². The van der Waals surface area contributed by atoms with E-state index in [-0.39, 0.29) is 0 Å². The predicted octanol–water partition coefficient (Wildman–Crippen LogP) is -1.38. The van der Waals surface area contributed by atoms with E-state index in [1.54, 1.807) is 0 Å². The Morgan fingerprint density at radius 3 is 1.56 bits per heavy atom. The molecule has 0 saturated heterocycles. The van der Waals surface area contributed by atoms with Crippen molar-refractivity contribution >= 4 is 11.9 Å². The molecule has 2 unspecified atom stereocenters. The first-order chi connectivity index (χ1) is 8.54. The van der Waals surface area contributed by atoms with Gasteiger partial charge in [-0.2, -0.15) is 11.0 Å². The summed E-state index contributed by atoms with van der Waals surface area (Å²) in [6.07, 6.45) is -2.56. The van der Waals surface area contributed by atoms with Crippen LogP contribution in [0, 0.1) is 0 Å². The average Bonchev–Trinajstić information content (AvgIpc) is 2.37. The van der Waals surface area contributed by atoms with Crippen molar-refractivity contribution in [3.63, 3.8) is 0 Å². The van der Waals surface area contributed by atoms with Crippen molar-refractivity contribution in [3.05, 3.63) is 0 Å². The van der Waals surface area contributed by atoms with Crippen LogP contribution in [0.2, 0.25) is 0 Å². The first kappa shape index (κ1) is 16.8. The summed E-state index contributed by atoms with van der Waals surface area (Å²) in [6, 6.07) is 0. The second-order valence-corrected chi connectivity index (χ2v) is 3.52. The zero-order valence-corrected chi connectivity index (χ0v) is 10.5. The highest BCUT2D eigenvalue weighted by Gasteiger charge is 2.33. The number of hydroxylamine groups is 2. The Labute approximate surface area is 105 Å². The third-order valence-corrected chi connectivity index (χ3v) is 1.83. The van der Waals surface area contributed by atoms with Crippen molar-refractivity contribution in [2.75, 3.05) is 13.1 Å². The standard InChI is InChI=1S/C10H20N2O6/c1-3-5-11-17-9(15)7(13)8(14)10(16)18-12-6-4-2/h7-8,11-14H,3-6H2,1-2H3.